The van der Waals surface area contributed by atoms with Crippen LogP contribution in [0.3, 0.4) is 0 Å². The van der Waals surface area contributed by atoms with E-state index in [-0.39, 0.29) is 5.56 Å². The van der Waals surface area contributed by atoms with Gasteiger partial charge in [-0.3, -0.25) is 4.79 Å². The Labute approximate surface area is 86.4 Å². The Morgan fingerprint density at radius 3 is 2.71 bits per heavy atom. The van der Waals surface area contributed by atoms with Gasteiger partial charge in [0.15, 0.2) is 0 Å². The molecule has 1 aromatic rings. The summed E-state index contributed by atoms with van der Waals surface area (Å²) in [5, 5.41) is 6.07. The van der Waals surface area contributed by atoms with Gasteiger partial charge < -0.3 is 4.90 Å². The summed E-state index contributed by atoms with van der Waals surface area (Å²) < 4.78 is 1.73. The van der Waals surface area contributed by atoms with E-state index < -0.39 is 0 Å². The normalized spacial score (nSPS) is 18.5. The number of aromatic amines is 1. The van der Waals surface area contributed by atoms with Crippen LogP contribution in [0.4, 0.5) is 5.69 Å². The van der Waals surface area contributed by atoms with Crippen LogP contribution in [-0.2, 0) is 0 Å². The molecule has 2 heterocycles. The highest BCUT2D eigenvalue weighted by molar-refractivity contribution is 6.13. The molecule has 1 aromatic heterocycles. The van der Waals surface area contributed by atoms with Crippen LogP contribution in [0.5, 0.6) is 0 Å². The van der Waals surface area contributed by atoms with Crippen LogP contribution in [-0.4, -0.2) is 40.8 Å². The Hall–Kier alpha value is -1.07. The van der Waals surface area contributed by atoms with Gasteiger partial charge in [0.1, 0.15) is 5.69 Å². The molecule has 76 valence electrons. The second-order valence-corrected chi connectivity index (χ2v) is 3.65. The molecule has 1 fully saturated rings. The van der Waals surface area contributed by atoms with Crippen LogP contribution in [0, 0.1) is 0 Å². The maximum Gasteiger partial charge on any atom is 0.287 e. The quantitative estimate of drug-likeness (QED) is 0.671. The number of halogens is 1. The van der Waals surface area contributed by atoms with Crippen molar-refractivity contribution in [3.63, 3.8) is 0 Å². The first kappa shape index (κ1) is 9.48. The molecule has 1 aliphatic heterocycles. The minimum absolute atomic E-state index is 0.143. The number of H-pyrrole nitrogens is 1. The van der Waals surface area contributed by atoms with Gasteiger partial charge in [0.05, 0.1) is 0 Å². The lowest BCUT2D eigenvalue weighted by Gasteiger charge is -2.31. The van der Waals surface area contributed by atoms with Crippen LogP contribution >= 0.6 is 11.8 Å². The molecule has 0 spiro atoms. The average Bonchev–Trinajstić information content (AvgIpc) is 2.20. The number of piperazine rings is 1. The van der Waals surface area contributed by atoms with Crippen molar-refractivity contribution in [3.05, 3.63) is 22.6 Å². The Morgan fingerprint density at radius 2 is 2.07 bits per heavy atom. The number of rotatable bonds is 1. The number of anilines is 1. The summed E-state index contributed by atoms with van der Waals surface area (Å²) in [4.78, 5) is 13.4. The van der Waals surface area contributed by atoms with Gasteiger partial charge in [0.25, 0.3) is 5.56 Å². The lowest BCUT2D eigenvalue weighted by Crippen LogP contribution is -2.44. The van der Waals surface area contributed by atoms with Crippen molar-refractivity contribution in [2.75, 3.05) is 31.1 Å². The van der Waals surface area contributed by atoms with Crippen LogP contribution in [0.15, 0.2) is 17.1 Å². The molecule has 5 nitrogen and oxygen atoms in total. The predicted molar refractivity (Wildman–Crippen MR) is 54.5 cm³/mol. The molecular formula is C8H11ClN4O. The molecule has 0 aromatic carbocycles. The van der Waals surface area contributed by atoms with Crippen LogP contribution in [0.25, 0.3) is 0 Å². The molecule has 0 atom stereocenters. The minimum atomic E-state index is -0.143. The molecule has 0 aliphatic carbocycles. The number of nitrogens with one attached hydrogen (secondary N) is 1. The van der Waals surface area contributed by atoms with Gasteiger partial charge in [-0.2, -0.15) is 5.10 Å². The number of hydrogen-bond donors (Lipinski definition) is 1. The molecule has 6 heteroatoms. The summed E-state index contributed by atoms with van der Waals surface area (Å²) in [5.74, 6) is 0. The van der Waals surface area contributed by atoms with Gasteiger partial charge in [-0.05, 0) is 17.8 Å². The monoisotopic (exact) mass is 214 g/mol. The van der Waals surface area contributed by atoms with Crippen molar-refractivity contribution in [1.82, 2.24) is 14.6 Å². The molecule has 1 saturated heterocycles. The molecule has 2 rings (SSSR count). The van der Waals surface area contributed by atoms with Gasteiger partial charge in [-0.15, -0.1) is 0 Å². The van der Waals surface area contributed by atoms with E-state index in [2.05, 4.69) is 10.2 Å². The second-order valence-electron chi connectivity index (χ2n) is 3.17. The van der Waals surface area contributed by atoms with Crippen molar-refractivity contribution >= 4 is 17.5 Å². The molecule has 14 heavy (non-hydrogen) atoms. The van der Waals surface area contributed by atoms with Gasteiger partial charge in [0, 0.05) is 32.4 Å². The summed E-state index contributed by atoms with van der Waals surface area (Å²) in [6, 6.07) is 1.72. The first-order valence-corrected chi connectivity index (χ1v) is 4.80. The summed E-state index contributed by atoms with van der Waals surface area (Å²) in [7, 11) is 0. The molecule has 1 N–H and O–H groups in total. The van der Waals surface area contributed by atoms with Crippen LogP contribution in [0.2, 0.25) is 0 Å². The zero-order chi connectivity index (χ0) is 9.97. The first-order valence-electron chi connectivity index (χ1n) is 4.47. The van der Waals surface area contributed by atoms with E-state index in [0.717, 1.165) is 26.2 Å². The number of aromatic nitrogens is 2. The maximum absolute atomic E-state index is 11.4. The Morgan fingerprint density at radius 1 is 1.36 bits per heavy atom. The molecular weight excluding hydrogens is 204 g/mol. The number of nitrogens with zero attached hydrogens (tertiary/aromatic N) is 3. The van der Waals surface area contributed by atoms with Gasteiger partial charge in [-0.1, -0.05) is 0 Å². The highest BCUT2D eigenvalue weighted by Crippen LogP contribution is 2.10. The first-order chi connectivity index (χ1) is 6.77. The second kappa shape index (κ2) is 3.98. The number of hydrogen-bond acceptors (Lipinski definition) is 4. The zero-order valence-electron chi connectivity index (χ0n) is 7.61. The van der Waals surface area contributed by atoms with E-state index in [0.29, 0.717) is 5.69 Å². The predicted octanol–water partition coefficient (Wildman–Crippen LogP) is 0.0457. The van der Waals surface area contributed by atoms with E-state index in [9.17, 15) is 4.79 Å². The van der Waals surface area contributed by atoms with Crippen molar-refractivity contribution in [2.45, 2.75) is 0 Å². The van der Waals surface area contributed by atoms with E-state index in [1.54, 1.807) is 16.7 Å². The topological polar surface area (TPSA) is 52.2 Å². The SMILES string of the molecule is O=c1[nH]nccc1N1CCN(Cl)CC1. The third-order valence-corrected chi connectivity index (χ3v) is 2.61. The maximum atomic E-state index is 11.4. The van der Waals surface area contributed by atoms with Crippen LogP contribution in [0.1, 0.15) is 0 Å². The fourth-order valence-electron chi connectivity index (χ4n) is 1.51. The molecule has 0 amide bonds. The minimum Gasteiger partial charge on any atom is -0.364 e. The molecule has 0 saturated carbocycles. The van der Waals surface area contributed by atoms with Crippen molar-refractivity contribution < 1.29 is 0 Å². The van der Waals surface area contributed by atoms with Crippen LogP contribution < -0.4 is 10.5 Å². The smallest absolute Gasteiger partial charge is 0.287 e. The van der Waals surface area contributed by atoms with Gasteiger partial charge in [-0.25, -0.2) is 9.52 Å². The summed E-state index contributed by atoms with van der Waals surface area (Å²) in [6.45, 7) is 3.08. The standard InChI is InChI=1S/C8H11ClN4O/c9-13-5-3-12(4-6-13)7-1-2-10-11-8(7)14/h1-2H,3-6H2,(H,11,14). The third-order valence-electron chi connectivity index (χ3n) is 2.27. The van der Waals surface area contributed by atoms with E-state index in [1.807, 2.05) is 4.90 Å². The Bertz CT molecular complexity index is 358. The van der Waals surface area contributed by atoms with Crippen molar-refractivity contribution in [1.29, 1.82) is 0 Å². The lowest BCUT2D eigenvalue weighted by molar-refractivity contribution is 0.415. The van der Waals surface area contributed by atoms with Crippen molar-refractivity contribution in [3.8, 4) is 0 Å². The largest absolute Gasteiger partial charge is 0.364 e. The van der Waals surface area contributed by atoms with Gasteiger partial charge in [0.2, 0.25) is 0 Å². The highest BCUT2D eigenvalue weighted by Gasteiger charge is 2.17. The zero-order valence-corrected chi connectivity index (χ0v) is 8.37. The third kappa shape index (κ3) is 1.88. The molecule has 1 aliphatic rings. The lowest BCUT2D eigenvalue weighted by atomic mass is 10.3. The summed E-state index contributed by atoms with van der Waals surface area (Å²) in [5.41, 5.74) is 0.528. The molecule has 0 radical (unpaired) electrons. The van der Waals surface area contributed by atoms with E-state index in [4.69, 9.17) is 11.8 Å². The Kier molecular flexibility index (Phi) is 2.69. The summed E-state index contributed by atoms with van der Waals surface area (Å²) in [6.07, 6.45) is 1.59. The fourth-order valence-corrected chi connectivity index (χ4v) is 1.66. The highest BCUT2D eigenvalue weighted by atomic mass is 35.5. The van der Waals surface area contributed by atoms with E-state index in [1.165, 1.54) is 0 Å². The summed E-state index contributed by atoms with van der Waals surface area (Å²) >= 11 is 5.82. The van der Waals surface area contributed by atoms with Crippen molar-refractivity contribution in [2.24, 2.45) is 0 Å². The van der Waals surface area contributed by atoms with Gasteiger partial charge >= 0.3 is 0 Å². The fraction of sp³-hybridized carbons (Fsp3) is 0.500. The van der Waals surface area contributed by atoms with E-state index >= 15 is 0 Å². The molecule has 0 bridgehead atoms. The Balaban J connectivity index is 2.16. The average molecular weight is 215 g/mol. The molecule has 0 unspecified atom stereocenters.